The molecule has 0 bridgehead atoms. The number of halogens is 1. The summed E-state index contributed by atoms with van der Waals surface area (Å²) in [5.41, 5.74) is 3.95. The SMILES string of the molecule is Cc1ccc(N2C(=O)N(CC(=O)Nc3c(C)cc(C)cc3Cl)C(=O)[C@H]2C)cc1. The Balaban J connectivity index is 1.77. The number of hydrogen-bond donors (Lipinski definition) is 1. The normalized spacial score (nSPS) is 16.7. The number of carbonyl (C=O) groups excluding carboxylic acids is 3. The molecule has 3 rings (SSSR count). The first-order valence-electron chi connectivity index (χ1n) is 8.97. The van der Waals surface area contributed by atoms with Crippen molar-refractivity contribution in [3.8, 4) is 0 Å². The maximum Gasteiger partial charge on any atom is 0.332 e. The first-order chi connectivity index (χ1) is 13.2. The van der Waals surface area contributed by atoms with E-state index in [2.05, 4.69) is 5.32 Å². The number of nitrogens with one attached hydrogen (secondary N) is 1. The van der Waals surface area contributed by atoms with Gasteiger partial charge < -0.3 is 5.32 Å². The number of nitrogens with zero attached hydrogens (tertiary/aromatic N) is 2. The van der Waals surface area contributed by atoms with Crippen molar-refractivity contribution < 1.29 is 14.4 Å². The Hall–Kier alpha value is -2.86. The van der Waals surface area contributed by atoms with Gasteiger partial charge in [-0.2, -0.15) is 0 Å². The zero-order valence-corrected chi connectivity index (χ0v) is 17.0. The Morgan fingerprint density at radius 1 is 1.07 bits per heavy atom. The van der Waals surface area contributed by atoms with Crippen LogP contribution in [0.25, 0.3) is 0 Å². The molecule has 1 N–H and O–H groups in total. The third kappa shape index (κ3) is 3.73. The first kappa shape index (κ1) is 19.9. The molecule has 2 aromatic carbocycles. The van der Waals surface area contributed by atoms with Crippen LogP contribution in [0.3, 0.4) is 0 Å². The Morgan fingerprint density at radius 2 is 1.71 bits per heavy atom. The Labute approximate surface area is 169 Å². The number of aryl methyl sites for hydroxylation is 3. The topological polar surface area (TPSA) is 69.7 Å². The molecule has 4 amide bonds. The van der Waals surface area contributed by atoms with Gasteiger partial charge in [-0.15, -0.1) is 0 Å². The van der Waals surface area contributed by atoms with Gasteiger partial charge in [0.2, 0.25) is 5.91 Å². The van der Waals surface area contributed by atoms with Crippen LogP contribution in [0.4, 0.5) is 16.2 Å². The van der Waals surface area contributed by atoms with E-state index < -0.39 is 23.9 Å². The second-order valence-electron chi connectivity index (χ2n) is 7.08. The summed E-state index contributed by atoms with van der Waals surface area (Å²) in [6.45, 7) is 6.97. The van der Waals surface area contributed by atoms with E-state index in [4.69, 9.17) is 11.6 Å². The van der Waals surface area contributed by atoms with Gasteiger partial charge in [-0.25, -0.2) is 4.79 Å². The molecular formula is C21H22ClN3O3. The Bertz CT molecular complexity index is 933. The lowest BCUT2D eigenvalue weighted by atomic mass is 10.1. The molecule has 0 radical (unpaired) electrons. The molecule has 0 saturated carbocycles. The fourth-order valence-corrected chi connectivity index (χ4v) is 3.68. The average Bonchev–Trinajstić information content (AvgIpc) is 2.83. The number of imide groups is 1. The maximum atomic E-state index is 12.8. The standard InChI is InChI=1S/C21H22ClN3O3/c1-12-5-7-16(8-6-12)25-15(4)20(27)24(21(25)28)11-18(26)23-19-14(3)9-13(2)10-17(19)22/h5-10,15H,11H2,1-4H3,(H,23,26)/t15-/m1/s1. The molecule has 2 aromatic rings. The summed E-state index contributed by atoms with van der Waals surface area (Å²) < 4.78 is 0. The van der Waals surface area contributed by atoms with Gasteiger partial charge in [0, 0.05) is 5.69 Å². The maximum absolute atomic E-state index is 12.8. The van der Waals surface area contributed by atoms with E-state index >= 15 is 0 Å². The lowest BCUT2D eigenvalue weighted by molar-refractivity contribution is -0.130. The van der Waals surface area contributed by atoms with Crippen molar-refractivity contribution in [3.05, 3.63) is 58.1 Å². The molecule has 28 heavy (non-hydrogen) atoms. The second kappa shape index (κ2) is 7.64. The second-order valence-corrected chi connectivity index (χ2v) is 7.48. The third-order valence-electron chi connectivity index (χ3n) is 4.76. The van der Waals surface area contributed by atoms with Crippen molar-refractivity contribution in [2.45, 2.75) is 33.7 Å². The predicted octanol–water partition coefficient (Wildman–Crippen LogP) is 4.06. The number of amides is 4. The Morgan fingerprint density at radius 3 is 2.32 bits per heavy atom. The molecule has 7 heteroatoms. The zero-order chi connectivity index (χ0) is 20.6. The van der Waals surface area contributed by atoms with Gasteiger partial charge in [0.15, 0.2) is 0 Å². The minimum atomic E-state index is -0.673. The van der Waals surface area contributed by atoms with E-state index in [1.165, 1.54) is 4.90 Å². The molecule has 0 aromatic heterocycles. The fraction of sp³-hybridized carbons (Fsp3) is 0.286. The summed E-state index contributed by atoms with van der Waals surface area (Å²) in [4.78, 5) is 40.3. The van der Waals surface area contributed by atoms with Gasteiger partial charge in [-0.3, -0.25) is 19.4 Å². The molecule has 1 saturated heterocycles. The fourth-order valence-electron chi connectivity index (χ4n) is 3.31. The van der Waals surface area contributed by atoms with Crippen molar-refractivity contribution in [3.63, 3.8) is 0 Å². The highest BCUT2D eigenvalue weighted by Gasteiger charge is 2.44. The summed E-state index contributed by atoms with van der Waals surface area (Å²) in [7, 11) is 0. The molecule has 1 aliphatic heterocycles. The summed E-state index contributed by atoms with van der Waals surface area (Å²) in [6.07, 6.45) is 0. The van der Waals surface area contributed by atoms with Crippen molar-refractivity contribution in [1.29, 1.82) is 0 Å². The van der Waals surface area contributed by atoms with Gasteiger partial charge in [-0.1, -0.05) is 35.4 Å². The van der Waals surface area contributed by atoms with E-state index in [-0.39, 0.29) is 6.54 Å². The molecule has 1 aliphatic rings. The van der Waals surface area contributed by atoms with Crippen LogP contribution in [-0.2, 0) is 9.59 Å². The summed E-state index contributed by atoms with van der Waals surface area (Å²) in [5, 5.41) is 3.13. The first-order valence-corrected chi connectivity index (χ1v) is 9.34. The number of carbonyl (C=O) groups is 3. The van der Waals surface area contributed by atoms with Crippen LogP contribution in [0, 0.1) is 20.8 Å². The third-order valence-corrected chi connectivity index (χ3v) is 5.06. The Kier molecular flexibility index (Phi) is 5.42. The van der Waals surface area contributed by atoms with Crippen LogP contribution < -0.4 is 10.2 Å². The van der Waals surface area contributed by atoms with Crippen molar-refractivity contribution >= 4 is 40.8 Å². The molecule has 0 unspecified atom stereocenters. The number of urea groups is 1. The largest absolute Gasteiger partial charge is 0.332 e. The van der Waals surface area contributed by atoms with Gasteiger partial charge in [0.25, 0.3) is 5.91 Å². The van der Waals surface area contributed by atoms with E-state index in [9.17, 15) is 14.4 Å². The van der Waals surface area contributed by atoms with E-state index in [0.717, 1.165) is 21.6 Å². The molecule has 146 valence electrons. The van der Waals surface area contributed by atoms with E-state index in [1.54, 1.807) is 25.1 Å². The smallest absolute Gasteiger partial charge is 0.323 e. The van der Waals surface area contributed by atoms with E-state index in [1.807, 2.05) is 39.0 Å². The van der Waals surface area contributed by atoms with Gasteiger partial charge in [0.1, 0.15) is 12.6 Å². The van der Waals surface area contributed by atoms with Crippen LogP contribution in [0.1, 0.15) is 23.6 Å². The van der Waals surface area contributed by atoms with Gasteiger partial charge >= 0.3 is 6.03 Å². The van der Waals surface area contributed by atoms with Gasteiger partial charge in [-0.05, 0) is 57.0 Å². The minimum absolute atomic E-state index is 0.367. The van der Waals surface area contributed by atoms with Gasteiger partial charge in [0.05, 0.1) is 10.7 Å². The van der Waals surface area contributed by atoms with Crippen molar-refractivity contribution in [1.82, 2.24) is 4.90 Å². The highest BCUT2D eigenvalue weighted by Crippen LogP contribution is 2.28. The number of benzene rings is 2. The molecule has 0 spiro atoms. The zero-order valence-electron chi connectivity index (χ0n) is 16.2. The van der Waals surface area contributed by atoms with Crippen molar-refractivity contribution in [2.24, 2.45) is 0 Å². The van der Waals surface area contributed by atoms with Crippen LogP contribution in [-0.4, -0.2) is 35.3 Å². The number of rotatable bonds is 4. The lowest BCUT2D eigenvalue weighted by Gasteiger charge is -2.19. The summed E-state index contributed by atoms with van der Waals surface area (Å²) in [6, 6.07) is 9.78. The lowest BCUT2D eigenvalue weighted by Crippen LogP contribution is -2.39. The molecule has 1 heterocycles. The highest BCUT2D eigenvalue weighted by molar-refractivity contribution is 6.34. The molecule has 1 atom stereocenters. The van der Waals surface area contributed by atoms with Crippen LogP contribution >= 0.6 is 11.6 Å². The monoisotopic (exact) mass is 399 g/mol. The highest BCUT2D eigenvalue weighted by atomic mass is 35.5. The van der Waals surface area contributed by atoms with Crippen LogP contribution in [0.15, 0.2) is 36.4 Å². The number of hydrogen-bond acceptors (Lipinski definition) is 3. The molecule has 0 aliphatic carbocycles. The minimum Gasteiger partial charge on any atom is -0.323 e. The molecule has 6 nitrogen and oxygen atoms in total. The van der Waals surface area contributed by atoms with Crippen LogP contribution in [0.2, 0.25) is 5.02 Å². The molecular weight excluding hydrogens is 378 g/mol. The van der Waals surface area contributed by atoms with Crippen molar-refractivity contribution in [2.75, 3.05) is 16.8 Å². The quantitative estimate of drug-likeness (QED) is 0.788. The van der Waals surface area contributed by atoms with E-state index in [0.29, 0.717) is 16.4 Å². The predicted molar refractivity (Wildman–Crippen MR) is 110 cm³/mol. The summed E-state index contributed by atoms with van der Waals surface area (Å²) in [5.74, 6) is -0.888. The van der Waals surface area contributed by atoms with Crippen LogP contribution in [0.5, 0.6) is 0 Å². The number of anilines is 2. The summed E-state index contributed by atoms with van der Waals surface area (Å²) >= 11 is 6.22. The average molecular weight is 400 g/mol. The molecule has 1 fully saturated rings.